The lowest BCUT2D eigenvalue weighted by Crippen LogP contribution is -2.52. The Morgan fingerprint density at radius 2 is 1.62 bits per heavy atom. The number of hydrogen-bond donors (Lipinski definition) is 1. The number of benzene rings is 2. The van der Waals surface area contributed by atoms with E-state index in [2.05, 4.69) is 39.7 Å². The van der Waals surface area contributed by atoms with Gasteiger partial charge in [-0.2, -0.15) is 9.41 Å². The van der Waals surface area contributed by atoms with Gasteiger partial charge in [-0.1, -0.05) is 54.6 Å². The highest BCUT2D eigenvalue weighted by atomic mass is 32.2. The third-order valence-corrected chi connectivity index (χ3v) is 6.27. The van der Waals surface area contributed by atoms with Crippen molar-refractivity contribution in [3.8, 4) is 0 Å². The molecular weight excluding hydrogens is 348 g/mol. The van der Waals surface area contributed by atoms with Gasteiger partial charge >= 0.3 is 0 Å². The molecule has 6 nitrogen and oxygen atoms in total. The maximum atomic E-state index is 11.7. The molecule has 136 valence electrons. The van der Waals surface area contributed by atoms with Crippen molar-refractivity contribution in [3.63, 3.8) is 0 Å². The zero-order valence-corrected chi connectivity index (χ0v) is 15.5. The van der Waals surface area contributed by atoms with Gasteiger partial charge in [0.05, 0.1) is 12.0 Å². The van der Waals surface area contributed by atoms with E-state index in [-0.39, 0.29) is 6.17 Å². The van der Waals surface area contributed by atoms with Crippen molar-refractivity contribution in [2.24, 2.45) is 5.10 Å². The molecular formula is C19H22N4O2S. The molecule has 2 aliphatic heterocycles. The second kappa shape index (κ2) is 6.83. The standard InChI is InChI=1S/C19H22N4O2S/c1-26(24,25)23-13-11-22(12-14-23)19-17-10-6-5-9-16(17)18(20-21-19)15-7-3-2-4-8-15/h2-10,19,21H,11-14H2,1H3. The average molecular weight is 370 g/mol. The number of fused-ring (bicyclic) bond motifs is 1. The Morgan fingerprint density at radius 3 is 2.31 bits per heavy atom. The summed E-state index contributed by atoms with van der Waals surface area (Å²) in [5.41, 5.74) is 7.60. The van der Waals surface area contributed by atoms with E-state index in [4.69, 9.17) is 0 Å². The van der Waals surface area contributed by atoms with Crippen molar-refractivity contribution in [1.82, 2.24) is 14.6 Å². The Kier molecular flexibility index (Phi) is 4.52. The first kappa shape index (κ1) is 17.2. The molecule has 2 aromatic carbocycles. The third-order valence-electron chi connectivity index (χ3n) is 4.96. The van der Waals surface area contributed by atoms with Gasteiger partial charge in [-0.15, -0.1) is 0 Å². The van der Waals surface area contributed by atoms with Crippen LogP contribution in [0.4, 0.5) is 0 Å². The van der Waals surface area contributed by atoms with Gasteiger partial charge in [0, 0.05) is 37.3 Å². The fourth-order valence-electron chi connectivity index (χ4n) is 3.59. The Morgan fingerprint density at radius 1 is 0.962 bits per heavy atom. The molecule has 7 heteroatoms. The van der Waals surface area contributed by atoms with E-state index in [0.717, 1.165) is 16.8 Å². The van der Waals surface area contributed by atoms with Crippen LogP contribution in [-0.2, 0) is 10.0 Å². The van der Waals surface area contributed by atoms with Crippen LogP contribution in [0.2, 0.25) is 0 Å². The topological polar surface area (TPSA) is 65.0 Å². The highest BCUT2D eigenvalue weighted by Crippen LogP contribution is 2.29. The Bertz CT molecular complexity index is 920. The summed E-state index contributed by atoms with van der Waals surface area (Å²) in [5, 5.41) is 4.66. The summed E-state index contributed by atoms with van der Waals surface area (Å²) in [7, 11) is -3.13. The predicted molar refractivity (Wildman–Crippen MR) is 102 cm³/mol. The first-order valence-corrected chi connectivity index (χ1v) is 10.6. The molecule has 2 heterocycles. The maximum absolute atomic E-state index is 11.7. The van der Waals surface area contributed by atoms with Crippen LogP contribution in [-0.4, -0.2) is 55.8 Å². The van der Waals surface area contributed by atoms with E-state index in [1.54, 1.807) is 0 Å². The summed E-state index contributed by atoms with van der Waals surface area (Å²) in [5.74, 6) is 0. The second-order valence-corrected chi connectivity index (χ2v) is 8.63. The van der Waals surface area contributed by atoms with Crippen molar-refractivity contribution in [2.45, 2.75) is 6.17 Å². The lowest BCUT2D eigenvalue weighted by Gasteiger charge is -2.40. The van der Waals surface area contributed by atoms with Crippen molar-refractivity contribution in [2.75, 3.05) is 32.4 Å². The number of nitrogens with one attached hydrogen (secondary N) is 1. The summed E-state index contributed by atoms with van der Waals surface area (Å²) in [6, 6.07) is 18.4. The summed E-state index contributed by atoms with van der Waals surface area (Å²) in [6.45, 7) is 2.37. The van der Waals surface area contributed by atoms with E-state index in [9.17, 15) is 8.42 Å². The molecule has 0 aromatic heterocycles. The zero-order valence-electron chi connectivity index (χ0n) is 14.7. The molecule has 0 saturated carbocycles. The van der Waals surface area contributed by atoms with E-state index < -0.39 is 10.0 Å². The quantitative estimate of drug-likeness (QED) is 0.892. The molecule has 2 aromatic rings. The van der Waals surface area contributed by atoms with Crippen molar-refractivity contribution in [1.29, 1.82) is 0 Å². The summed E-state index contributed by atoms with van der Waals surface area (Å²) in [4.78, 5) is 2.26. The lowest BCUT2D eigenvalue weighted by atomic mass is 9.94. The van der Waals surface area contributed by atoms with Gasteiger partial charge in [0.25, 0.3) is 0 Å². The SMILES string of the molecule is CS(=O)(=O)N1CCN(C2NN=C(c3ccccc3)c3ccccc32)CC1. The minimum absolute atomic E-state index is 0.0413. The molecule has 1 N–H and O–H groups in total. The largest absolute Gasteiger partial charge is 0.288 e. The molecule has 0 spiro atoms. The maximum Gasteiger partial charge on any atom is 0.211 e. The number of hydrazone groups is 1. The number of hydrogen-bond acceptors (Lipinski definition) is 5. The molecule has 0 amide bonds. The number of rotatable bonds is 3. The first-order valence-electron chi connectivity index (χ1n) is 8.71. The molecule has 1 saturated heterocycles. The molecule has 2 aliphatic rings. The first-order chi connectivity index (χ1) is 12.5. The normalized spacial score (nSPS) is 21.6. The zero-order chi connectivity index (χ0) is 18.1. The van der Waals surface area contributed by atoms with Crippen molar-refractivity contribution >= 4 is 15.7 Å². The van der Waals surface area contributed by atoms with Gasteiger partial charge < -0.3 is 0 Å². The minimum Gasteiger partial charge on any atom is -0.288 e. The highest BCUT2D eigenvalue weighted by Gasteiger charge is 2.32. The van der Waals surface area contributed by atoms with Gasteiger partial charge in [0.1, 0.15) is 6.17 Å². The fourth-order valence-corrected chi connectivity index (χ4v) is 4.42. The molecule has 1 atom stereocenters. The highest BCUT2D eigenvalue weighted by molar-refractivity contribution is 7.88. The molecule has 0 aliphatic carbocycles. The van der Waals surface area contributed by atoms with E-state index in [0.29, 0.717) is 26.2 Å². The molecule has 0 bridgehead atoms. The number of nitrogens with zero attached hydrogens (tertiary/aromatic N) is 3. The second-order valence-electron chi connectivity index (χ2n) is 6.64. The van der Waals surface area contributed by atoms with Crippen LogP contribution >= 0.6 is 0 Å². The van der Waals surface area contributed by atoms with Gasteiger partial charge in [-0.05, 0) is 5.56 Å². The summed E-state index contributed by atoms with van der Waals surface area (Å²) >= 11 is 0. The summed E-state index contributed by atoms with van der Waals surface area (Å²) < 4.78 is 25.0. The molecule has 0 radical (unpaired) electrons. The van der Waals surface area contributed by atoms with Crippen LogP contribution in [0.5, 0.6) is 0 Å². The summed E-state index contributed by atoms with van der Waals surface area (Å²) in [6.07, 6.45) is 1.23. The van der Waals surface area contributed by atoms with Crippen LogP contribution in [0.1, 0.15) is 22.9 Å². The predicted octanol–water partition coefficient (Wildman–Crippen LogP) is 1.62. The smallest absolute Gasteiger partial charge is 0.211 e. The molecule has 26 heavy (non-hydrogen) atoms. The average Bonchev–Trinajstić information content (AvgIpc) is 2.67. The fraction of sp³-hybridized carbons (Fsp3) is 0.316. The van der Waals surface area contributed by atoms with Crippen LogP contribution in [0.25, 0.3) is 0 Å². The van der Waals surface area contributed by atoms with E-state index in [1.807, 2.05) is 30.3 Å². The van der Waals surface area contributed by atoms with Gasteiger partial charge in [0.15, 0.2) is 0 Å². The molecule has 1 unspecified atom stereocenters. The molecule has 1 fully saturated rings. The van der Waals surface area contributed by atoms with Crippen LogP contribution in [0.15, 0.2) is 59.7 Å². The Balaban J connectivity index is 1.60. The van der Waals surface area contributed by atoms with E-state index in [1.165, 1.54) is 16.1 Å². The monoisotopic (exact) mass is 370 g/mol. The van der Waals surface area contributed by atoms with E-state index >= 15 is 0 Å². The van der Waals surface area contributed by atoms with Crippen molar-refractivity contribution in [3.05, 3.63) is 71.3 Å². The van der Waals surface area contributed by atoms with Crippen LogP contribution < -0.4 is 5.43 Å². The lowest BCUT2D eigenvalue weighted by molar-refractivity contribution is 0.115. The minimum atomic E-state index is -3.13. The third kappa shape index (κ3) is 3.25. The Hall–Kier alpha value is -2.22. The van der Waals surface area contributed by atoms with Gasteiger partial charge in [-0.3, -0.25) is 10.3 Å². The number of piperazine rings is 1. The van der Waals surface area contributed by atoms with Crippen molar-refractivity contribution < 1.29 is 8.42 Å². The van der Waals surface area contributed by atoms with Gasteiger partial charge in [0.2, 0.25) is 10.0 Å². The molecule has 4 rings (SSSR count). The number of sulfonamides is 1. The van der Waals surface area contributed by atoms with Gasteiger partial charge in [-0.25, -0.2) is 8.42 Å². The Labute approximate surface area is 154 Å². The van der Waals surface area contributed by atoms with Crippen LogP contribution in [0.3, 0.4) is 0 Å². The van der Waals surface area contributed by atoms with Crippen LogP contribution in [0, 0.1) is 0 Å².